The summed E-state index contributed by atoms with van der Waals surface area (Å²) in [5.74, 6) is 0. The van der Waals surface area contributed by atoms with E-state index in [-0.39, 0.29) is 6.61 Å². The van der Waals surface area contributed by atoms with Crippen LogP contribution in [-0.4, -0.2) is 63.2 Å². The fourth-order valence-corrected chi connectivity index (χ4v) is 5.01. The molecule has 6 heteroatoms. The molecule has 5 atom stereocenters. The Morgan fingerprint density at radius 1 is 0.743 bits per heavy atom. The number of methoxy groups -OCH3 is 3. The van der Waals surface area contributed by atoms with E-state index in [1.807, 2.05) is 54.6 Å². The van der Waals surface area contributed by atoms with Gasteiger partial charge in [-0.2, -0.15) is 0 Å². The molecule has 0 aliphatic carbocycles. The van der Waals surface area contributed by atoms with Gasteiger partial charge in [0.15, 0.2) is 6.29 Å². The fraction of sp³-hybridized carbons (Fsp3) is 0.379. The molecule has 0 bridgehead atoms. The van der Waals surface area contributed by atoms with Gasteiger partial charge in [0.05, 0.1) is 6.61 Å². The SMILES string of the molecule is CO[C@H]1O[C@H](COC(c2ccccc2)(c2ccccc2)c2ccccc2)[C@](C)(O)[C@H](OC)[C@H]1OC. The summed E-state index contributed by atoms with van der Waals surface area (Å²) in [5.41, 5.74) is 0.560. The van der Waals surface area contributed by atoms with E-state index in [4.69, 9.17) is 23.7 Å². The lowest BCUT2D eigenvalue weighted by molar-refractivity contribution is -0.333. The predicted molar refractivity (Wildman–Crippen MR) is 133 cm³/mol. The lowest BCUT2D eigenvalue weighted by Crippen LogP contribution is -2.67. The molecular formula is C29H34O6. The van der Waals surface area contributed by atoms with E-state index in [1.54, 1.807) is 28.3 Å². The van der Waals surface area contributed by atoms with Crippen molar-refractivity contribution in [1.82, 2.24) is 0 Å². The molecule has 186 valence electrons. The van der Waals surface area contributed by atoms with Crippen molar-refractivity contribution >= 4 is 0 Å². The first kappa shape index (κ1) is 25.5. The van der Waals surface area contributed by atoms with Gasteiger partial charge in [0, 0.05) is 21.3 Å². The molecular weight excluding hydrogens is 444 g/mol. The van der Waals surface area contributed by atoms with Crippen molar-refractivity contribution in [3.05, 3.63) is 108 Å². The molecule has 3 aromatic rings. The Labute approximate surface area is 207 Å². The van der Waals surface area contributed by atoms with Crippen LogP contribution >= 0.6 is 0 Å². The Hall–Kier alpha value is -2.58. The molecule has 0 unspecified atom stereocenters. The van der Waals surface area contributed by atoms with Gasteiger partial charge in [0.2, 0.25) is 0 Å². The molecule has 1 heterocycles. The highest BCUT2D eigenvalue weighted by Crippen LogP contribution is 2.42. The molecule has 0 amide bonds. The predicted octanol–water partition coefficient (Wildman–Crippen LogP) is 4.15. The molecule has 35 heavy (non-hydrogen) atoms. The molecule has 0 radical (unpaired) electrons. The van der Waals surface area contributed by atoms with Crippen molar-refractivity contribution in [3.63, 3.8) is 0 Å². The monoisotopic (exact) mass is 478 g/mol. The molecule has 1 aliphatic rings. The van der Waals surface area contributed by atoms with Gasteiger partial charge in [-0.3, -0.25) is 0 Å². The summed E-state index contributed by atoms with van der Waals surface area (Å²) in [6.45, 7) is 1.75. The molecule has 0 spiro atoms. The molecule has 0 saturated carbocycles. The van der Waals surface area contributed by atoms with Gasteiger partial charge < -0.3 is 28.8 Å². The average molecular weight is 479 g/mol. The quantitative estimate of drug-likeness (QED) is 0.466. The number of ether oxygens (including phenoxy) is 5. The highest BCUT2D eigenvalue weighted by Gasteiger charge is 2.54. The van der Waals surface area contributed by atoms with E-state index in [2.05, 4.69) is 36.4 Å². The minimum atomic E-state index is -1.40. The van der Waals surface area contributed by atoms with Crippen LogP contribution in [-0.2, 0) is 29.3 Å². The van der Waals surface area contributed by atoms with Crippen molar-refractivity contribution in [2.24, 2.45) is 0 Å². The van der Waals surface area contributed by atoms with Gasteiger partial charge in [0.25, 0.3) is 0 Å². The third-order valence-electron chi connectivity index (χ3n) is 6.84. The second-order valence-electron chi connectivity index (χ2n) is 8.90. The van der Waals surface area contributed by atoms with Crippen molar-refractivity contribution in [1.29, 1.82) is 0 Å². The molecule has 1 fully saturated rings. The topological polar surface area (TPSA) is 66.4 Å². The number of benzene rings is 3. The third kappa shape index (κ3) is 4.78. The van der Waals surface area contributed by atoms with Crippen LogP contribution < -0.4 is 0 Å². The standard InChI is InChI=1S/C29H34O6/c1-28(30)24(35-27(33-4)25(31-2)26(28)32-3)20-34-29(21-14-8-5-9-15-21,22-16-10-6-11-17-22)23-18-12-7-13-19-23/h5-19,24-27,30H,20H2,1-4H3/t24-,25-,26-,27+,28+/m1/s1. The third-order valence-corrected chi connectivity index (χ3v) is 6.84. The first-order chi connectivity index (χ1) is 17.0. The Bertz CT molecular complexity index is 944. The number of rotatable bonds is 9. The molecule has 1 saturated heterocycles. The van der Waals surface area contributed by atoms with Crippen molar-refractivity contribution in [2.45, 2.75) is 42.7 Å². The van der Waals surface area contributed by atoms with Gasteiger partial charge >= 0.3 is 0 Å². The normalized spacial score (nSPS) is 27.0. The molecule has 3 aromatic carbocycles. The minimum absolute atomic E-state index is 0.0713. The first-order valence-electron chi connectivity index (χ1n) is 11.8. The van der Waals surface area contributed by atoms with E-state index < -0.39 is 35.8 Å². The molecule has 1 aliphatic heterocycles. The van der Waals surface area contributed by atoms with E-state index in [1.165, 1.54) is 0 Å². The maximum Gasteiger partial charge on any atom is 0.186 e. The van der Waals surface area contributed by atoms with Crippen LogP contribution in [0.5, 0.6) is 0 Å². The number of aliphatic hydroxyl groups is 1. The summed E-state index contributed by atoms with van der Waals surface area (Å²) >= 11 is 0. The van der Waals surface area contributed by atoms with Gasteiger partial charge in [-0.15, -0.1) is 0 Å². The first-order valence-corrected chi connectivity index (χ1v) is 11.8. The van der Waals surface area contributed by atoms with Crippen LogP contribution in [0.15, 0.2) is 91.0 Å². The summed E-state index contributed by atoms with van der Waals surface area (Å²) in [5, 5.41) is 11.6. The zero-order valence-corrected chi connectivity index (χ0v) is 20.7. The van der Waals surface area contributed by atoms with Crippen LogP contribution in [0, 0.1) is 0 Å². The highest BCUT2D eigenvalue weighted by atomic mass is 16.7. The molecule has 6 nitrogen and oxygen atoms in total. The Balaban J connectivity index is 1.79. The maximum atomic E-state index is 11.6. The molecule has 0 aromatic heterocycles. The maximum absolute atomic E-state index is 11.6. The summed E-state index contributed by atoms with van der Waals surface area (Å²) in [4.78, 5) is 0. The molecule has 1 N–H and O–H groups in total. The zero-order chi connectivity index (χ0) is 24.9. The van der Waals surface area contributed by atoms with E-state index in [9.17, 15) is 5.11 Å². The van der Waals surface area contributed by atoms with Crippen LogP contribution in [0.4, 0.5) is 0 Å². The lowest BCUT2D eigenvalue weighted by Gasteiger charge is -2.49. The lowest BCUT2D eigenvalue weighted by atomic mass is 9.79. The summed E-state index contributed by atoms with van der Waals surface area (Å²) in [6.07, 6.45) is -2.75. The summed E-state index contributed by atoms with van der Waals surface area (Å²) in [6, 6.07) is 30.2. The van der Waals surface area contributed by atoms with E-state index in [0.717, 1.165) is 16.7 Å². The van der Waals surface area contributed by atoms with E-state index >= 15 is 0 Å². The summed E-state index contributed by atoms with van der Waals surface area (Å²) < 4.78 is 29.8. The van der Waals surface area contributed by atoms with Gasteiger partial charge in [-0.25, -0.2) is 0 Å². The van der Waals surface area contributed by atoms with Gasteiger partial charge in [-0.05, 0) is 23.6 Å². The number of hydrogen-bond donors (Lipinski definition) is 1. The Morgan fingerprint density at radius 3 is 1.57 bits per heavy atom. The summed E-state index contributed by atoms with van der Waals surface area (Å²) in [7, 11) is 4.64. The average Bonchev–Trinajstić information content (AvgIpc) is 2.91. The minimum Gasteiger partial charge on any atom is -0.385 e. The fourth-order valence-electron chi connectivity index (χ4n) is 5.01. The molecule has 4 rings (SSSR count). The zero-order valence-electron chi connectivity index (χ0n) is 20.7. The Kier molecular flexibility index (Phi) is 8.02. The van der Waals surface area contributed by atoms with Crippen molar-refractivity contribution in [3.8, 4) is 0 Å². The second-order valence-corrected chi connectivity index (χ2v) is 8.90. The van der Waals surface area contributed by atoms with Crippen LogP contribution in [0.1, 0.15) is 23.6 Å². The Morgan fingerprint density at radius 2 is 1.20 bits per heavy atom. The van der Waals surface area contributed by atoms with Crippen LogP contribution in [0.25, 0.3) is 0 Å². The highest BCUT2D eigenvalue weighted by molar-refractivity contribution is 5.47. The second kappa shape index (κ2) is 11.0. The largest absolute Gasteiger partial charge is 0.385 e. The van der Waals surface area contributed by atoms with Crippen LogP contribution in [0.3, 0.4) is 0 Å². The van der Waals surface area contributed by atoms with Crippen molar-refractivity contribution < 1.29 is 28.8 Å². The van der Waals surface area contributed by atoms with Gasteiger partial charge in [0.1, 0.15) is 29.5 Å². The van der Waals surface area contributed by atoms with Crippen LogP contribution in [0.2, 0.25) is 0 Å². The number of hydrogen-bond acceptors (Lipinski definition) is 6. The van der Waals surface area contributed by atoms with Crippen molar-refractivity contribution in [2.75, 3.05) is 27.9 Å². The van der Waals surface area contributed by atoms with Gasteiger partial charge in [-0.1, -0.05) is 91.0 Å². The van der Waals surface area contributed by atoms with E-state index in [0.29, 0.717) is 0 Å². The smallest absolute Gasteiger partial charge is 0.186 e.